The van der Waals surface area contributed by atoms with Crippen LogP contribution in [0.25, 0.3) is 0 Å². The van der Waals surface area contributed by atoms with E-state index in [2.05, 4.69) is 24.2 Å². The van der Waals surface area contributed by atoms with Crippen molar-refractivity contribution >= 4 is 35.6 Å². The summed E-state index contributed by atoms with van der Waals surface area (Å²) < 4.78 is 5.08. The van der Waals surface area contributed by atoms with Crippen molar-refractivity contribution < 1.29 is 4.74 Å². The van der Waals surface area contributed by atoms with Crippen molar-refractivity contribution in [2.75, 3.05) is 19.0 Å². The van der Waals surface area contributed by atoms with Gasteiger partial charge >= 0.3 is 0 Å². The van der Waals surface area contributed by atoms with E-state index in [1.165, 1.54) is 0 Å². The first kappa shape index (κ1) is 17.0. The standard InChI is InChI=1S/C13H21N3O.HI/c1-10(2)8-9-15-13(14)16-11-4-6-12(17-3)7-5-11;/h4-7,10H,8-9H2,1-3H3,(H3,14,15,16);1H. The van der Waals surface area contributed by atoms with Crippen molar-refractivity contribution in [3.05, 3.63) is 24.3 Å². The zero-order chi connectivity index (χ0) is 12.7. The molecule has 0 bridgehead atoms. The predicted octanol–water partition coefficient (Wildman–Crippen LogP) is 3.09. The molecule has 102 valence electrons. The quantitative estimate of drug-likeness (QED) is 0.480. The van der Waals surface area contributed by atoms with Gasteiger partial charge in [-0.3, -0.25) is 4.99 Å². The zero-order valence-electron chi connectivity index (χ0n) is 11.1. The van der Waals surface area contributed by atoms with E-state index in [9.17, 15) is 0 Å². The number of guanidine groups is 1. The average molecular weight is 363 g/mol. The van der Waals surface area contributed by atoms with Crippen LogP contribution in [0.2, 0.25) is 0 Å². The van der Waals surface area contributed by atoms with Crippen molar-refractivity contribution in [2.24, 2.45) is 16.6 Å². The van der Waals surface area contributed by atoms with Crippen LogP contribution < -0.4 is 15.8 Å². The Morgan fingerprint density at radius 1 is 1.33 bits per heavy atom. The van der Waals surface area contributed by atoms with Crippen LogP contribution in [0.1, 0.15) is 20.3 Å². The fraction of sp³-hybridized carbons (Fsp3) is 0.462. The summed E-state index contributed by atoms with van der Waals surface area (Å²) in [4.78, 5) is 4.25. The number of nitrogens with one attached hydrogen (secondary N) is 1. The summed E-state index contributed by atoms with van der Waals surface area (Å²) in [6.07, 6.45) is 1.05. The SMILES string of the molecule is COc1ccc(NC(N)=NCCC(C)C)cc1.I. The van der Waals surface area contributed by atoms with Crippen LogP contribution in [-0.4, -0.2) is 19.6 Å². The average Bonchev–Trinajstić information content (AvgIpc) is 2.29. The van der Waals surface area contributed by atoms with Gasteiger partial charge < -0.3 is 15.8 Å². The van der Waals surface area contributed by atoms with Gasteiger partial charge in [0, 0.05) is 12.2 Å². The molecule has 0 aliphatic rings. The summed E-state index contributed by atoms with van der Waals surface area (Å²) in [6, 6.07) is 7.57. The maximum atomic E-state index is 5.77. The number of hydrogen-bond donors (Lipinski definition) is 2. The molecule has 18 heavy (non-hydrogen) atoms. The fourth-order valence-corrected chi connectivity index (χ4v) is 1.30. The Kier molecular flexibility index (Phi) is 8.53. The highest BCUT2D eigenvalue weighted by molar-refractivity contribution is 14.0. The number of aliphatic imine (C=N–C) groups is 1. The molecule has 1 rings (SSSR count). The summed E-state index contributed by atoms with van der Waals surface area (Å²) >= 11 is 0. The molecule has 0 unspecified atom stereocenters. The minimum atomic E-state index is 0. The topological polar surface area (TPSA) is 59.6 Å². The van der Waals surface area contributed by atoms with Crippen LogP contribution in [0.3, 0.4) is 0 Å². The van der Waals surface area contributed by atoms with E-state index in [1.807, 2.05) is 24.3 Å². The monoisotopic (exact) mass is 363 g/mol. The molecule has 0 atom stereocenters. The van der Waals surface area contributed by atoms with Crippen LogP contribution in [0.4, 0.5) is 5.69 Å². The molecular formula is C13H22IN3O. The molecular weight excluding hydrogens is 341 g/mol. The van der Waals surface area contributed by atoms with Gasteiger partial charge in [0.25, 0.3) is 0 Å². The Labute approximate surface area is 126 Å². The van der Waals surface area contributed by atoms with Gasteiger partial charge in [-0.15, -0.1) is 24.0 Å². The van der Waals surface area contributed by atoms with Crippen LogP contribution in [-0.2, 0) is 0 Å². The van der Waals surface area contributed by atoms with Crippen LogP contribution in [0, 0.1) is 5.92 Å². The van der Waals surface area contributed by atoms with Gasteiger partial charge in [0.15, 0.2) is 5.96 Å². The molecule has 0 heterocycles. The van der Waals surface area contributed by atoms with Crippen molar-refractivity contribution in [3.8, 4) is 5.75 Å². The minimum absolute atomic E-state index is 0. The molecule has 0 spiro atoms. The second-order valence-corrected chi connectivity index (χ2v) is 4.30. The Morgan fingerprint density at radius 2 is 1.94 bits per heavy atom. The third kappa shape index (κ3) is 6.68. The summed E-state index contributed by atoms with van der Waals surface area (Å²) in [5.41, 5.74) is 6.68. The van der Waals surface area contributed by atoms with Gasteiger partial charge in [-0.25, -0.2) is 0 Å². The minimum Gasteiger partial charge on any atom is -0.497 e. The third-order valence-electron chi connectivity index (χ3n) is 2.35. The van der Waals surface area contributed by atoms with E-state index in [1.54, 1.807) is 7.11 Å². The summed E-state index contributed by atoms with van der Waals surface area (Å²) in [5, 5.41) is 3.04. The smallest absolute Gasteiger partial charge is 0.193 e. The number of benzene rings is 1. The maximum absolute atomic E-state index is 5.77. The number of halogens is 1. The zero-order valence-corrected chi connectivity index (χ0v) is 13.5. The molecule has 1 aromatic carbocycles. The maximum Gasteiger partial charge on any atom is 0.193 e. The van der Waals surface area contributed by atoms with E-state index in [0.717, 1.165) is 24.4 Å². The van der Waals surface area contributed by atoms with Crippen molar-refractivity contribution in [1.29, 1.82) is 0 Å². The number of anilines is 1. The largest absolute Gasteiger partial charge is 0.497 e. The van der Waals surface area contributed by atoms with Gasteiger partial charge in [-0.1, -0.05) is 13.8 Å². The highest BCUT2D eigenvalue weighted by atomic mass is 127. The molecule has 0 aliphatic carbocycles. The van der Waals surface area contributed by atoms with E-state index in [-0.39, 0.29) is 24.0 Å². The Morgan fingerprint density at radius 3 is 2.44 bits per heavy atom. The second-order valence-electron chi connectivity index (χ2n) is 4.30. The lowest BCUT2D eigenvalue weighted by atomic mass is 10.1. The van der Waals surface area contributed by atoms with Crippen LogP contribution >= 0.6 is 24.0 Å². The van der Waals surface area contributed by atoms with E-state index in [4.69, 9.17) is 10.5 Å². The number of ether oxygens (including phenoxy) is 1. The molecule has 0 aromatic heterocycles. The van der Waals surface area contributed by atoms with Crippen LogP contribution in [0.5, 0.6) is 5.75 Å². The second kappa shape index (κ2) is 9.02. The summed E-state index contributed by atoms with van der Waals surface area (Å²) in [6.45, 7) is 5.10. The number of methoxy groups -OCH3 is 1. The van der Waals surface area contributed by atoms with E-state index in [0.29, 0.717) is 11.9 Å². The molecule has 0 amide bonds. The molecule has 0 saturated heterocycles. The molecule has 0 saturated carbocycles. The third-order valence-corrected chi connectivity index (χ3v) is 2.35. The van der Waals surface area contributed by atoms with Crippen LogP contribution in [0.15, 0.2) is 29.3 Å². The first-order valence-corrected chi connectivity index (χ1v) is 5.83. The summed E-state index contributed by atoms with van der Waals surface area (Å²) in [7, 11) is 1.64. The van der Waals surface area contributed by atoms with Gasteiger partial charge in [0.1, 0.15) is 5.75 Å². The molecule has 0 radical (unpaired) electrons. The Hall–Kier alpha value is -0.980. The van der Waals surface area contributed by atoms with Crippen molar-refractivity contribution in [3.63, 3.8) is 0 Å². The highest BCUT2D eigenvalue weighted by Gasteiger charge is 1.97. The van der Waals surface area contributed by atoms with E-state index >= 15 is 0 Å². The predicted molar refractivity (Wildman–Crippen MR) is 88.0 cm³/mol. The van der Waals surface area contributed by atoms with Gasteiger partial charge in [0.05, 0.1) is 7.11 Å². The number of nitrogens with zero attached hydrogens (tertiary/aromatic N) is 1. The Bertz CT molecular complexity index is 363. The lowest BCUT2D eigenvalue weighted by molar-refractivity contribution is 0.415. The number of hydrogen-bond acceptors (Lipinski definition) is 2. The lowest BCUT2D eigenvalue weighted by Gasteiger charge is -2.07. The number of rotatable bonds is 5. The molecule has 0 aliphatic heterocycles. The Balaban J connectivity index is 0.00000289. The normalized spacial score (nSPS) is 11.0. The molecule has 4 nitrogen and oxygen atoms in total. The molecule has 3 N–H and O–H groups in total. The summed E-state index contributed by atoms with van der Waals surface area (Å²) in [5.74, 6) is 1.93. The van der Waals surface area contributed by atoms with Crippen molar-refractivity contribution in [2.45, 2.75) is 20.3 Å². The molecule has 1 aromatic rings. The van der Waals surface area contributed by atoms with Crippen molar-refractivity contribution in [1.82, 2.24) is 0 Å². The highest BCUT2D eigenvalue weighted by Crippen LogP contribution is 2.14. The van der Waals surface area contributed by atoms with Gasteiger partial charge in [-0.05, 0) is 36.6 Å². The number of nitrogens with two attached hydrogens (primary N) is 1. The molecule has 5 heteroatoms. The van der Waals surface area contributed by atoms with E-state index < -0.39 is 0 Å². The van der Waals surface area contributed by atoms with Gasteiger partial charge in [-0.2, -0.15) is 0 Å². The fourth-order valence-electron chi connectivity index (χ4n) is 1.30. The first-order valence-electron chi connectivity index (χ1n) is 5.83. The molecule has 0 fully saturated rings. The lowest BCUT2D eigenvalue weighted by Crippen LogP contribution is -2.22. The van der Waals surface area contributed by atoms with Gasteiger partial charge in [0.2, 0.25) is 0 Å². The first-order chi connectivity index (χ1) is 8.11.